The molecule has 0 aliphatic rings. The van der Waals surface area contributed by atoms with Gasteiger partial charge in [0.05, 0.1) is 11.5 Å². The molecule has 0 saturated carbocycles. The van der Waals surface area contributed by atoms with E-state index in [2.05, 4.69) is 5.32 Å². The number of alkyl halides is 2. The number of nitro groups is 1. The summed E-state index contributed by atoms with van der Waals surface area (Å²) >= 11 is 0. The third-order valence-electron chi connectivity index (χ3n) is 2.35. The highest BCUT2D eigenvalue weighted by atomic mass is 19.3. The highest BCUT2D eigenvalue weighted by molar-refractivity contribution is 5.64. The van der Waals surface area contributed by atoms with Crippen LogP contribution in [-0.2, 0) is 0 Å². The third-order valence-corrected chi connectivity index (χ3v) is 2.35. The van der Waals surface area contributed by atoms with E-state index in [0.29, 0.717) is 17.9 Å². The van der Waals surface area contributed by atoms with E-state index in [1.165, 1.54) is 24.1 Å². The molecule has 1 rings (SSSR count). The molecule has 0 aromatic heterocycles. The Labute approximate surface area is 104 Å². The highest BCUT2D eigenvalue weighted by Gasteiger charge is 2.14. The van der Waals surface area contributed by atoms with Crippen molar-refractivity contribution in [3.8, 4) is 0 Å². The van der Waals surface area contributed by atoms with Gasteiger partial charge in [0, 0.05) is 37.1 Å². The molecule has 0 spiro atoms. The lowest BCUT2D eigenvalue weighted by Crippen LogP contribution is -2.24. The van der Waals surface area contributed by atoms with Gasteiger partial charge >= 0.3 is 0 Å². The van der Waals surface area contributed by atoms with E-state index in [1.807, 2.05) is 6.92 Å². The lowest BCUT2D eigenvalue weighted by atomic mass is 10.2. The molecule has 1 aromatic rings. The Hall–Kier alpha value is -1.92. The SMILES string of the molecule is CCNc1cc(N(C)CC(F)F)cc([N+](=O)[O-])c1. The molecule has 1 N–H and O–H groups in total. The van der Waals surface area contributed by atoms with Gasteiger partial charge in [-0.1, -0.05) is 0 Å². The average molecular weight is 259 g/mol. The van der Waals surface area contributed by atoms with Crippen LogP contribution in [-0.4, -0.2) is 31.5 Å². The number of nitro benzene ring substituents is 1. The van der Waals surface area contributed by atoms with E-state index in [-0.39, 0.29) is 5.69 Å². The van der Waals surface area contributed by atoms with Crippen molar-refractivity contribution in [3.05, 3.63) is 28.3 Å². The lowest BCUT2D eigenvalue weighted by Gasteiger charge is -2.19. The van der Waals surface area contributed by atoms with Crippen molar-refractivity contribution in [1.29, 1.82) is 0 Å². The van der Waals surface area contributed by atoms with E-state index >= 15 is 0 Å². The Morgan fingerprint density at radius 1 is 1.44 bits per heavy atom. The number of non-ortho nitro benzene ring substituents is 1. The van der Waals surface area contributed by atoms with E-state index in [0.717, 1.165) is 0 Å². The minimum atomic E-state index is -2.49. The molecule has 0 saturated heterocycles. The summed E-state index contributed by atoms with van der Waals surface area (Å²) in [5, 5.41) is 13.7. The van der Waals surface area contributed by atoms with Crippen molar-refractivity contribution in [1.82, 2.24) is 0 Å². The molecule has 0 amide bonds. The van der Waals surface area contributed by atoms with Gasteiger partial charge in [-0.25, -0.2) is 8.78 Å². The van der Waals surface area contributed by atoms with Gasteiger partial charge in [-0.3, -0.25) is 10.1 Å². The Kier molecular flexibility index (Phi) is 4.82. The van der Waals surface area contributed by atoms with Gasteiger partial charge in [-0.2, -0.15) is 0 Å². The van der Waals surface area contributed by atoms with E-state index < -0.39 is 17.9 Å². The minimum absolute atomic E-state index is 0.121. The molecule has 0 fully saturated rings. The van der Waals surface area contributed by atoms with Crippen molar-refractivity contribution in [3.63, 3.8) is 0 Å². The van der Waals surface area contributed by atoms with Gasteiger partial charge in [0.25, 0.3) is 12.1 Å². The number of rotatable bonds is 6. The quantitative estimate of drug-likeness (QED) is 0.630. The summed E-state index contributed by atoms with van der Waals surface area (Å²) in [5.74, 6) is 0. The zero-order valence-electron chi connectivity index (χ0n) is 10.2. The summed E-state index contributed by atoms with van der Waals surface area (Å²) in [7, 11) is 1.47. The molecule has 1 aromatic carbocycles. The molecular formula is C11H15F2N3O2. The molecule has 7 heteroatoms. The van der Waals surface area contributed by atoms with Crippen molar-refractivity contribution >= 4 is 17.1 Å². The van der Waals surface area contributed by atoms with Gasteiger partial charge < -0.3 is 10.2 Å². The van der Waals surface area contributed by atoms with Crippen LogP contribution >= 0.6 is 0 Å². The molecule has 0 bridgehead atoms. The third kappa shape index (κ3) is 3.83. The molecular weight excluding hydrogens is 244 g/mol. The largest absolute Gasteiger partial charge is 0.385 e. The first-order valence-electron chi connectivity index (χ1n) is 5.46. The number of benzene rings is 1. The van der Waals surface area contributed by atoms with Crippen LogP contribution in [0.15, 0.2) is 18.2 Å². The number of hydrogen-bond donors (Lipinski definition) is 1. The highest BCUT2D eigenvalue weighted by Crippen LogP contribution is 2.26. The maximum absolute atomic E-state index is 12.3. The first kappa shape index (κ1) is 14.1. The molecule has 0 radical (unpaired) electrons. The normalized spacial score (nSPS) is 10.5. The molecule has 0 aliphatic carbocycles. The average Bonchev–Trinajstić information content (AvgIpc) is 2.28. The number of halogens is 2. The molecule has 0 heterocycles. The first-order chi connectivity index (χ1) is 8.43. The molecule has 0 aliphatic heterocycles. The number of anilines is 2. The fraction of sp³-hybridized carbons (Fsp3) is 0.455. The molecule has 0 unspecified atom stereocenters. The standard InChI is InChI=1S/C11H15F2N3O2/c1-3-14-8-4-9(15(2)7-11(12)13)6-10(5-8)16(17)18/h4-6,11,14H,3,7H2,1-2H3. The summed E-state index contributed by atoms with van der Waals surface area (Å²) < 4.78 is 24.6. The van der Waals surface area contributed by atoms with Gasteiger partial charge in [0.15, 0.2) is 0 Å². The fourth-order valence-electron chi connectivity index (χ4n) is 1.54. The lowest BCUT2D eigenvalue weighted by molar-refractivity contribution is -0.384. The van der Waals surface area contributed by atoms with Crippen molar-refractivity contribution < 1.29 is 13.7 Å². The number of nitrogens with one attached hydrogen (secondary N) is 1. The zero-order chi connectivity index (χ0) is 13.7. The van der Waals surface area contributed by atoms with Crippen LogP contribution < -0.4 is 10.2 Å². The Morgan fingerprint density at radius 3 is 2.61 bits per heavy atom. The molecule has 100 valence electrons. The second-order valence-electron chi connectivity index (χ2n) is 3.80. The Balaban J connectivity index is 3.05. The Bertz CT molecular complexity index is 427. The first-order valence-corrected chi connectivity index (χ1v) is 5.46. The van der Waals surface area contributed by atoms with Crippen molar-refractivity contribution in [2.75, 3.05) is 30.4 Å². The van der Waals surface area contributed by atoms with Crippen LogP contribution in [0.25, 0.3) is 0 Å². The zero-order valence-corrected chi connectivity index (χ0v) is 10.2. The summed E-state index contributed by atoms with van der Waals surface area (Å²) in [4.78, 5) is 11.5. The van der Waals surface area contributed by atoms with Crippen LogP contribution in [0.3, 0.4) is 0 Å². The molecule has 5 nitrogen and oxygen atoms in total. The van der Waals surface area contributed by atoms with Crippen LogP contribution in [0.1, 0.15) is 6.92 Å². The smallest absolute Gasteiger partial charge is 0.273 e. The van der Waals surface area contributed by atoms with Crippen molar-refractivity contribution in [2.45, 2.75) is 13.3 Å². The Morgan fingerprint density at radius 2 is 2.11 bits per heavy atom. The van der Waals surface area contributed by atoms with Gasteiger partial charge in [0.2, 0.25) is 0 Å². The topological polar surface area (TPSA) is 58.4 Å². The number of nitrogens with zero attached hydrogens (tertiary/aromatic N) is 2. The van der Waals surface area contributed by atoms with Crippen LogP contribution in [0.5, 0.6) is 0 Å². The van der Waals surface area contributed by atoms with Gasteiger partial charge in [-0.05, 0) is 13.0 Å². The van der Waals surface area contributed by atoms with Crippen LogP contribution in [0, 0.1) is 10.1 Å². The summed E-state index contributed by atoms with van der Waals surface area (Å²) in [6.07, 6.45) is -2.49. The van der Waals surface area contributed by atoms with E-state index in [1.54, 1.807) is 6.07 Å². The maximum Gasteiger partial charge on any atom is 0.273 e. The monoisotopic (exact) mass is 259 g/mol. The predicted octanol–water partition coefficient (Wildman–Crippen LogP) is 2.73. The second kappa shape index (κ2) is 6.13. The van der Waals surface area contributed by atoms with Gasteiger partial charge in [-0.15, -0.1) is 0 Å². The fourth-order valence-corrected chi connectivity index (χ4v) is 1.54. The summed E-state index contributed by atoms with van der Waals surface area (Å²) in [5.41, 5.74) is 0.813. The van der Waals surface area contributed by atoms with E-state index in [4.69, 9.17) is 0 Å². The summed E-state index contributed by atoms with van der Waals surface area (Å²) in [6.45, 7) is 1.98. The molecule has 0 atom stereocenters. The predicted molar refractivity (Wildman–Crippen MR) is 66.5 cm³/mol. The number of hydrogen-bond acceptors (Lipinski definition) is 4. The van der Waals surface area contributed by atoms with Crippen LogP contribution in [0.4, 0.5) is 25.8 Å². The molecule has 18 heavy (non-hydrogen) atoms. The van der Waals surface area contributed by atoms with Crippen molar-refractivity contribution in [2.24, 2.45) is 0 Å². The van der Waals surface area contributed by atoms with E-state index in [9.17, 15) is 18.9 Å². The minimum Gasteiger partial charge on any atom is -0.385 e. The van der Waals surface area contributed by atoms with Crippen LogP contribution in [0.2, 0.25) is 0 Å². The maximum atomic E-state index is 12.3. The van der Waals surface area contributed by atoms with Gasteiger partial charge in [0.1, 0.15) is 0 Å². The second-order valence-corrected chi connectivity index (χ2v) is 3.80. The summed E-state index contributed by atoms with van der Waals surface area (Å²) in [6, 6.07) is 4.27.